The second kappa shape index (κ2) is 5.22. The smallest absolute Gasteiger partial charge is 0.259 e. The SMILES string of the molecule is Cc1[nH]ncc1C(=O)Nc1c(F)cc(S(N)(=O)=O)cc1F. The van der Waals surface area contributed by atoms with Crippen molar-refractivity contribution in [1.82, 2.24) is 10.2 Å². The number of nitrogens with zero attached hydrogens (tertiary/aromatic N) is 1. The van der Waals surface area contributed by atoms with Crippen molar-refractivity contribution in [2.75, 3.05) is 5.32 Å². The summed E-state index contributed by atoms with van der Waals surface area (Å²) < 4.78 is 49.6. The molecule has 4 N–H and O–H groups in total. The molecule has 10 heteroatoms. The lowest BCUT2D eigenvalue weighted by Crippen LogP contribution is -2.17. The van der Waals surface area contributed by atoms with Crippen molar-refractivity contribution < 1.29 is 22.0 Å². The van der Waals surface area contributed by atoms with E-state index in [1.54, 1.807) is 6.92 Å². The minimum Gasteiger partial charge on any atom is -0.317 e. The molecule has 0 aliphatic carbocycles. The van der Waals surface area contributed by atoms with Gasteiger partial charge in [-0.15, -0.1) is 0 Å². The number of carbonyl (C=O) groups is 1. The Morgan fingerprint density at radius 2 is 1.90 bits per heavy atom. The molecule has 1 amide bonds. The summed E-state index contributed by atoms with van der Waals surface area (Å²) in [5.41, 5.74) is -0.258. The maximum atomic E-state index is 13.7. The van der Waals surface area contributed by atoms with Crippen LogP contribution in [0.2, 0.25) is 0 Å². The van der Waals surface area contributed by atoms with Crippen LogP contribution in [0.3, 0.4) is 0 Å². The number of carbonyl (C=O) groups excluding carboxylic acids is 1. The molecule has 0 unspecified atom stereocenters. The van der Waals surface area contributed by atoms with Crippen LogP contribution in [0.4, 0.5) is 14.5 Å². The average Bonchev–Trinajstić information content (AvgIpc) is 2.78. The van der Waals surface area contributed by atoms with E-state index in [1.807, 2.05) is 5.32 Å². The first-order chi connectivity index (χ1) is 9.70. The third-order valence-corrected chi connectivity index (χ3v) is 3.55. The molecule has 0 bridgehead atoms. The molecule has 1 aromatic carbocycles. The van der Waals surface area contributed by atoms with Crippen LogP contribution in [-0.2, 0) is 10.0 Å². The summed E-state index contributed by atoms with van der Waals surface area (Å²) in [7, 11) is -4.25. The van der Waals surface area contributed by atoms with Crippen LogP contribution in [-0.4, -0.2) is 24.5 Å². The number of anilines is 1. The number of sulfonamides is 1. The van der Waals surface area contributed by atoms with Gasteiger partial charge in [-0.25, -0.2) is 22.3 Å². The number of halogens is 2. The molecule has 0 aliphatic rings. The maximum Gasteiger partial charge on any atom is 0.259 e. The first-order valence-electron chi connectivity index (χ1n) is 5.53. The number of aromatic amines is 1. The molecule has 2 rings (SSSR count). The van der Waals surface area contributed by atoms with Crippen LogP contribution in [0.15, 0.2) is 23.2 Å². The van der Waals surface area contributed by atoms with Gasteiger partial charge in [-0.3, -0.25) is 9.89 Å². The molecule has 7 nitrogen and oxygen atoms in total. The molecular weight excluding hydrogens is 306 g/mol. The Hall–Kier alpha value is -2.33. The molecule has 112 valence electrons. The summed E-state index contributed by atoms with van der Waals surface area (Å²) >= 11 is 0. The number of aromatic nitrogens is 2. The normalized spacial score (nSPS) is 11.4. The number of hydrogen-bond donors (Lipinski definition) is 3. The molecule has 2 aromatic rings. The fourth-order valence-electron chi connectivity index (χ4n) is 1.59. The third-order valence-electron chi connectivity index (χ3n) is 2.66. The number of amides is 1. The van der Waals surface area contributed by atoms with Crippen molar-refractivity contribution in [2.24, 2.45) is 5.14 Å². The summed E-state index contributed by atoms with van der Waals surface area (Å²) in [6.45, 7) is 1.55. The zero-order chi connectivity index (χ0) is 15.8. The van der Waals surface area contributed by atoms with Crippen molar-refractivity contribution in [1.29, 1.82) is 0 Å². The van der Waals surface area contributed by atoms with Crippen molar-refractivity contribution in [3.8, 4) is 0 Å². The van der Waals surface area contributed by atoms with Gasteiger partial charge in [-0.05, 0) is 19.1 Å². The number of aryl methyl sites for hydroxylation is 1. The number of primary sulfonamides is 1. The molecule has 0 radical (unpaired) electrons. The Kier molecular flexibility index (Phi) is 3.75. The molecule has 1 aromatic heterocycles. The highest BCUT2D eigenvalue weighted by molar-refractivity contribution is 7.89. The van der Waals surface area contributed by atoms with Gasteiger partial charge in [0.05, 0.1) is 16.7 Å². The highest BCUT2D eigenvalue weighted by Gasteiger charge is 2.20. The number of hydrogen-bond acceptors (Lipinski definition) is 4. The Labute approximate surface area is 118 Å². The molecule has 21 heavy (non-hydrogen) atoms. The zero-order valence-electron chi connectivity index (χ0n) is 10.6. The van der Waals surface area contributed by atoms with Crippen LogP contribution < -0.4 is 10.5 Å². The largest absolute Gasteiger partial charge is 0.317 e. The predicted octanol–water partition coefficient (Wildman–Crippen LogP) is 0.896. The van der Waals surface area contributed by atoms with Crippen molar-refractivity contribution in [3.05, 3.63) is 41.2 Å². The van der Waals surface area contributed by atoms with Crippen molar-refractivity contribution >= 4 is 21.6 Å². The van der Waals surface area contributed by atoms with E-state index in [-0.39, 0.29) is 5.56 Å². The number of nitrogens with two attached hydrogens (primary N) is 1. The number of benzene rings is 1. The Morgan fingerprint density at radius 1 is 1.33 bits per heavy atom. The van der Waals surface area contributed by atoms with Crippen molar-refractivity contribution in [3.63, 3.8) is 0 Å². The van der Waals surface area contributed by atoms with Gasteiger partial charge in [0.25, 0.3) is 5.91 Å². The summed E-state index contributed by atoms with van der Waals surface area (Å²) in [6, 6.07) is 1.05. The Balaban J connectivity index is 2.38. The minimum atomic E-state index is -4.25. The van der Waals surface area contributed by atoms with Crippen LogP contribution >= 0.6 is 0 Å². The first-order valence-corrected chi connectivity index (χ1v) is 7.08. The van der Waals surface area contributed by atoms with Crippen molar-refractivity contribution in [2.45, 2.75) is 11.8 Å². The van der Waals surface area contributed by atoms with Gasteiger partial charge in [-0.1, -0.05) is 0 Å². The standard InChI is InChI=1S/C11H10F2N4O3S/c1-5-7(4-15-17-5)11(18)16-10-8(12)2-6(3-9(10)13)21(14,19)20/h2-4H,1H3,(H,15,17)(H,16,18)(H2,14,19,20). The molecule has 0 atom stereocenters. The third kappa shape index (κ3) is 3.06. The van der Waals surface area contributed by atoms with E-state index in [0.29, 0.717) is 17.8 Å². The lowest BCUT2D eigenvalue weighted by Gasteiger charge is -2.08. The van der Waals surface area contributed by atoms with Crippen LogP contribution in [0.5, 0.6) is 0 Å². The zero-order valence-corrected chi connectivity index (χ0v) is 11.5. The van der Waals surface area contributed by atoms with E-state index >= 15 is 0 Å². The fraction of sp³-hybridized carbons (Fsp3) is 0.0909. The molecule has 0 aliphatic heterocycles. The molecule has 0 saturated carbocycles. The van der Waals surface area contributed by atoms with Crippen LogP contribution in [0.25, 0.3) is 0 Å². The number of H-pyrrole nitrogens is 1. The van der Waals surface area contributed by atoms with E-state index in [4.69, 9.17) is 5.14 Å². The highest BCUT2D eigenvalue weighted by Crippen LogP contribution is 2.23. The second-order valence-electron chi connectivity index (χ2n) is 4.17. The van der Waals surface area contributed by atoms with E-state index in [1.165, 1.54) is 6.20 Å². The lowest BCUT2D eigenvalue weighted by atomic mass is 10.2. The topological polar surface area (TPSA) is 118 Å². The molecule has 0 spiro atoms. The molecule has 0 saturated heterocycles. The Bertz CT molecular complexity index is 794. The average molecular weight is 316 g/mol. The predicted molar refractivity (Wildman–Crippen MR) is 69.0 cm³/mol. The van der Waals surface area contributed by atoms with Gasteiger partial charge in [0.1, 0.15) is 5.69 Å². The van der Waals surface area contributed by atoms with Gasteiger partial charge in [0.15, 0.2) is 11.6 Å². The highest BCUT2D eigenvalue weighted by atomic mass is 32.2. The van der Waals surface area contributed by atoms with Gasteiger partial charge >= 0.3 is 0 Å². The fourth-order valence-corrected chi connectivity index (χ4v) is 2.13. The first kappa shape index (κ1) is 15.1. The monoisotopic (exact) mass is 316 g/mol. The number of nitrogens with one attached hydrogen (secondary N) is 2. The quantitative estimate of drug-likeness (QED) is 0.779. The Morgan fingerprint density at radius 3 is 2.33 bits per heavy atom. The van der Waals surface area contributed by atoms with E-state index in [9.17, 15) is 22.0 Å². The lowest BCUT2D eigenvalue weighted by molar-refractivity contribution is 0.102. The second-order valence-corrected chi connectivity index (χ2v) is 5.73. The van der Waals surface area contributed by atoms with Gasteiger partial charge in [0.2, 0.25) is 10.0 Å². The summed E-state index contributed by atoms with van der Waals surface area (Å²) in [4.78, 5) is 11.1. The summed E-state index contributed by atoms with van der Waals surface area (Å²) in [6.07, 6.45) is 1.19. The van der Waals surface area contributed by atoms with Gasteiger partial charge in [0, 0.05) is 5.69 Å². The van der Waals surface area contributed by atoms with E-state index in [2.05, 4.69) is 10.2 Å². The minimum absolute atomic E-state index is 0.101. The van der Waals surface area contributed by atoms with Crippen LogP contribution in [0.1, 0.15) is 16.1 Å². The van der Waals surface area contributed by atoms with Crippen LogP contribution in [0, 0.1) is 18.6 Å². The molecule has 1 heterocycles. The van der Waals surface area contributed by atoms with E-state index < -0.39 is 38.1 Å². The molecule has 0 fully saturated rings. The van der Waals surface area contributed by atoms with E-state index in [0.717, 1.165) is 0 Å². The molecular formula is C11H10F2N4O3S. The maximum absolute atomic E-state index is 13.7. The summed E-state index contributed by atoms with van der Waals surface area (Å²) in [5.74, 6) is -3.30. The van der Waals surface area contributed by atoms with Gasteiger partial charge < -0.3 is 5.32 Å². The van der Waals surface area contributed by atoms with Gasteiger partial charge in [-0.2, -0.15) is 5.10 Å². The summed E-state index contributed by atoms with van der Waals surface area (Å²) in [5, 5.41) is 12.9. The number of rotatable bonds is 3.